The van der Waals surface area contributed by atoms with Crippen molar-refractivity contribution >= 4 is 11.7 Å². The summed E-state index contributed by atoms with van der Waals surface area (Å²) in [5, 5.41) is 2.80. The highest BCUT2D eigenvalue weighted by Crippen LogP contribution is 2.19. The van der Waals surface area contributed by atoms with E-state index in [-0.39, 0.29) is 12.1 Å². The monoisotopic (exact) mass is 176 g/mol. The van der Waals surface area contributed by atoms with Crippen LogP contribution in [-0.2, 0) is 0 Å². The lowest BCUT2D eigenvalue weighted by atomic mass is 10.2. The zero-order chi connectivity index (χ0) is 9.26. The fourth-order valence-electron chi connectivity index (χ4n) is 1.57. The normalized spacial score (nSPS) is 21.8. The van der Waals surface area contributed by atoms with Gasteiger partial charge in [-0.1, -0.05) is 18.2 Å². The zero-order valence-electron chi connectivity index (χ0n) is 7.53. The molecule has 0 aliphatic carbocycles. The molecule has 68 valence electrons. The number of hydrogen-bond acceptors (Lipinski definition) is 1. The van der Waals surface area contributed by atoms with E-state index in [9.17, 15) is 4.79 Å². The van der Waals surface area contributed by atoms with E-state index in [0.717, 1.165) is 12.2 Å². The fourth-order valence-corrected chi connectivity index (χ4v) is 1.57. The molecule has 1 saturated heterocycles. The Labute approximate surface area is 77.4 Å². The number of amides is 2. The Bertz CT molecular complexity index is 310. The van der Waals surface area contributed by atoms with E-state index < -0.39 is 0 Å². The number of benzene rings is 1. The molecule has 0 unspecified atom stereocenters. The zero-order valence-corrected chi connectivity index (χ0v) is 7.53. The second-order valence-electron chi connectivity index (χ2n) is 3.24. The van der Waals surface area contributed by atoms with Crippen LogP contribution in [0.5, 0.6) is 0 Å². The third kappa shape index (κ3) is 1.37. The van der Waals surface area contributed by atoms with Crippen molar-refractivity contribution in [1.29, 1.82) is 0 Å². The number of rotatable bonds is 1. The molecule has 1 atom stereocenters. The predicted octanol–water partition coefficient (Wildman–Crippen LogP) is 1.60. The van der Waals surface area contributed by atoms with Crippen molar-refractivity contribution in [3.8, 4) is 0 Å². The smallest absolute Gasteiger partial charge is 0.322 e. The number of carbonyl (C=O) groups is 1. The summed E-state index contributed by atoms with van der Waals surface area (Å²) in [7, 11) is 0. The van der Waals surface area contributed by atoms with Gasteiger partial charge in [0.1, 0.15) is 0 Å². The Balaban J connectivity index is 2.30. The van der Waals surface area contributed by atoms with Gasteiger partial charge in [0.2, 0.25) is 0 Å². The minimum Gasteiger partial charge on any atom is -0.336 e. The number of nitrogens with zero attached hydrogens (tertiary/aromatic N) is 1. The van der Waals surface area contributed by atoms with Crippen molar-refractivity contribution in [3.63, 3.8) is 0 Å². The van der Waals surface area contributed by atoms with Crippen molar-refractivity contribution in [1.82, 2.24) is 5.32 Å². The summed E-state index contributed by atoms with van der Waals surface area (Å²) in [5.74, 6) is 0. The highest BCUT2D eigenvalue weighted by molar-refractivity contribution is 5.94. The van der Waals surface area contributed by atoms with Crippen LogP contribution in [0.15, 0.2) is 30.3 Å². The van der Waals surface area contributed by atoms with Gasteiger partial charge in [0.05, 0.1) is 6.04 Å². The summed E-state index contributed by atoms with van der Waals surface area (Å²) in [4.78, 5) is 13.2. The molecule has 1 aromatic rings. The number of urea groups is 1. The molecule has 0 spiro atoms. The molecule has 2 amide bonds. The maximum absolute atomic E-state index is 11.4. The summed E-state index contributed by atoms with van der Waals surface area (Å²) in [6, 6.07) is 9.96. The number of nitrogens with one attached hydrogen (secondary N) is 1. The summed E-state index contributed by atoms with van der Waals surface area (Å²) in [5.41, 5.74) is 0.963. The Morgan fingerprint density at radius 3 is 2.62 bits per heavy atom. The summed E-state index contributed by atoms with van der Waals surface area (Å²) in [6.07, 6.45) is 0. The number of carbonyl (C=O) groups excluding carboxylic acids is 1. The van der Waals surface area contributed by atoms with E-state index >= 15 is 0 Å². The molecular weight excluding hydrogens is 164 g/mol. The molecule has 13 heavy (non-hydrogen) atoms. The van der Waals surface area contributed by atoms with Gasteiger partial charge < -0.3 is 5.32 Å². The highest BCUT2D eigenvalue weighted by atomic mass is 16.2. The molecule has 1 N–H and O–H groups in total. The van der Waals surface area contributed by atoms with E-state index in [1.807, 2.05) is 37.3 Å². The Morgan fingerprint density at radius 1 is 1.38 bits per heavy atom. The SMILES string of the molecule is C[C@H]1CNC(=O)N1c1ccccc1. The summed E-state index contributed by atoms with van der Waals surface area (Å²) in [6.45, 7) is 2.76. The van der Waals surface area contributed by atoms with Crippen LogP contribution in [0.2, 0.25) is 0 Å². The van der Waals surface area contributed by atoms with E-state index in [1.165, 1.54) is 0 Å². The first kappa shape index (κ1) is 8.10. The van der Waals surface area contributed by atoms with Crippen molar-refractivity contribution in [3.05, 3.63) is 30.3 Å². The van der Waals surface area contributed by atoms with Crippen molar-refractivity contribution in [2.24, 2.45) is 0 Å². The first-order valence-corrected chi connectivity index (χ1v) is 4.41. The van der Waals surface area contributed by atoms with Crippen LogP contribution in [0, 0.1) is 0 Å². The third-order valence-corrected chi connectivity index (χ3v) is 2.24. The van der Waals surface area contributed by atoms with Gasteiger partial charge in [-0.15, -0.1) is 0 Å². The highest BCUT2D eigenvalue weighted by Gasteiger charge is 2.27. The molecule has 1 aliphatic rings. The molecule has 1 aliphatic heterocycles. The van der Waals surface area contributed by atoms with E-state index in [1.54, 1.807) is 4.90 Å². The molecule has 0 aromatic heterocycles. The van der Waals surface area contributed by atoms with Crippen LogP contribution in [0.3, 0.4) is 0 Å². The summed E-state index contributed by atoms with van der Waals surface area (Å²) < 4.78 is 0. The van der Waals surface area contributed by atoms with Gasteiger partial charge in [0, 0.05) is 12.2 Å². The van der Waals surface area contributed by atoms with Crippen LogP contribution in [-0.4, -0.2) is 18.6 Å². The molecule has 1 aromatic carbocycles. The number of anilines is 1. The molecule has 1 fully saturated rings. The average molecular weight is 176 g/mol. The fraction of sp³-hybridized carbons (Fsp3) is 0.300. The topological polar surface area (TPSA) is 32.3 Å². The first-order valence-electron chi connectivity index (χ1n) is 4.41. The lowest BCUT2D eigenvalue weighted by molar-refractivity contribution is 0.252. The van der Waals surface area contributed by atoms with Gasteiger partial charge in [-0.2, -0.15) is 0 Å². The second-order valence-corrected chi connectivity index (χ2v) is 3.24. The Kier molecular flexibility index (Phi) is 1.93. The van der Waals surface area contributed by atoms with E-state index in [0.29, 0.717) is 0 Å². The number of para-hydroxylation sites is 1. The average Bonchev–Trinajstić information content (AvgIpc) is 2.48. The molecule has 0 saturated carbocycles. The van der Waals surface area contributed by atoms with Crippen LogP contribution >= 0.6 is 0 Å². The predicted molar refractivity (Wildman–Crippen MR) is 51.8 cm³/mol. The van der Waals surface area contributed by atoms with Crippen LogP contribution in [0.25, 0.3) is 0 Å². The molecule has 3 heteroatoms. The lowest BCUT2D eigenvalue weighted by Gasteiger charge is -2.19. The molecule has 3 nitrogen and oxygen atoms in total. The lowest BCUT2D eigenvalue weighted by Crippen LogP contribution is -2.32. The van der Waals surface area contributed by atoms with Gasteiger partial charge in [-0.25, -0.2) is 4.79 Å². The quantitative estimate of drug-likeness (QED) is 0.692. The van der Waals surface area contributed by atoms with Crippen molar-refractivity contribution < 1.29 is 4.79 Å². The van der Waals surface area contributed by atoms with E-state index in [4.69, 9.17) is 0 Å². The van der Waals surface area contributed by atoms with Gasteiger partial charge in [0.15, 0.2) is 0 Å². The van der Waals surface area contributed by atoms with Gasteiger partial charge in [0.25, 0.3) is 0 Å². The van der Waals surface area contributed by atoms with Gasteiger partial charge in [-0.3, -0.25) is 4.90 Å². The van der Waals surface area contributed by atoms with E-state index in [2.05, 4.69) is 5.32 Å². The minimum absolute atomic E-state index is 0.00120. The van der Waals surface area contributed by atoms with Gasteiger partial charge in [-0.05, 0) is 19.1 Å². The molecular formula is C10H12N2O. The molecule has 0 bridgehead atoms. The largest absolute Gasteiger partial charge is 0.336 e. The molecule has 1 heterocycles. The number of hydrogen-bond donors (Lipinski definition) is 1. The Hall–Kier alpha value is -1.51. The minimum atomic E-state index is -0.00120. The van der Waals surface area contributed by atoms with Crippen LogP contribution in [0.1, 0.15) is 6.92 Å². The van der Waals surface area contributed by atoms with Crippen LogP contribution < -0.4 is 10.2 Å². The Morgan fingerprint density at radius 2 is 2.08 bits per heavy atom. The molecule has 2 rings (SSSR count). The maximum atomic E-state index is 11.4. The summed E-state index contributed by atoms with van der Waals surface area (Å²) >= 11 is 0. The first-order chi connectivity index (χ1) is 6.29. The third-order valence-electron chi connectivity index (χ3n) is 2.24. The standard InChI is InChI=1S/C10H12N2O/c1-8-7-11-10(13)12(8)9-5-3-2-4-6-9/h2-6,8H,7H2,1H3,(H,11,13)/t8-/m0/s1. The van der Waals surface area contributed by atoms with Crippen LogP contribution in [0.4, 0.5) is 10.5 Å². The molecule has 0 radical (unpaired) electrons. The van der Waals surface area contributed by atoms with Gasteiger partial charge >= 0.3 is 6.03 Å². The second kappa shape index (κ2) is 3.09. The van der Waals surface area contributed by atoms with Crippen molar-refractivity contribution in [2.45, 2.75) is 13.0 Å². The maximum Gasteiger partial charge on any atom is 0.322 e. The van der Waals surface area contributed by atoms with Crippen molar-refractivity contribution in [2.75, 3.05) is 11.4 Å².